The van der Waals surface area contributed by atoms with Crippen molar-refractivity contribution in [3.63, 3.8) is 0 Å². The van der Waals surface area contributed by atoms with Crippen molar-refractivity contribution in [1.29, 1.82) is 0 Å². The van der Waals surface area contributed by atoms with E-state index in [-0.39, 0.29) is 10.5 Å². The maximum atomic E-state index is 6.26. The molecule has 0 bridgehead atoms. The van der Waals surface area contributed by atoms with Gasteiger partial charge in [0.05, 0.1) is 60.9 Å². The van der Waals surface area contributed by atoms with Crippen molar-refractivity contribution < 1.29 is 28.4 Å². The van der Waals surface area contributed by atoms with E-state index < -0.39 is 0 Å². The molecule has 0 amide bonds. The van der Waals surface area contributed by atoms with Crippen molar-refractivity contribution in [2.45, 2.75) is 29.8 Å². The minimum Gasteiger partial charge on any atom is -0.493 e. The van der Waals surface area contributed by atoms with Crippen LogP contribution in [0.15, 0.2) is 23.0 Å². The third-order valence-corrected chi connectivity index (χ3v) is 9.57. The molecular weight excluding hydrogens is 444 g/mol. The molecule has 0 saturated heterocycles. The predicted molar refractivity (Wildman–Crippen MR) is 117 cm³/mol. The van der Waals surface area contributed by atoms with Crippen molar-refractivity contribution in [2.75, 3.05) is 51.1 Å². The molecule has 2 atom stereocenters. The van der Waals surface area contributed by atoms with Crippen molar-refractivity contribution >= 4 is 34.9 Å². The highest BCUT2D eigenvalue weighted by atomic mass is 32.2. The summed E-state index contributed by atoms with van der Waals surface area (Å²) in [6.07, 6.45) is 2.73. The molecular formula is C21H24O6S3. The SMILES string of the molecule is C1COC2=C(OC1)C(c1sc(C3SCC4=C3OCCCO4)c3c1OCCCO3)SC2. The minimum atomic E-state index is 0.0958. The zero-order valence-corrected chi connectivity index (χ0v) is 19.1. The van der Waals surface area contributed by atoms with Gasteiger partial charge in [0, 0.05) is 19.3 Å². The number of rotatable bonds is 2. The summed E-state index contributed by atoms with van der Waals surface area (Å²) in [5, 5.41) is 0.192. The summed E-state index contributed by atoms with van der Waals surface area (Å²) < 4.78 is 36.7. The molecule has 0 N–H and O–H groups in total. The summed E-state index contributed by atoms with van der Waals surface area (Å²) >= 11 is 5.47. The van der Waals surface area contributed by atoms with Gasteiger partial charge in [-0.05, 0) is 0 Å². The van der Waals surface area contributed by atoms with Gasteiger partial charge in [-0.1, -0.05) is 0 Å². The third-order valence-electron chi connectivity index (χ3n) is 5.56. The second-order valence-corrected chi connectivity index (χ2v) is 10.9. The summed E-state index contributed by atoms with van der Waals surface area (Å²) in [4.78, 5) is 2.35. The normalized spacial score (nSPS) is 28.3. The second-order valence-electron chi connectivity index (χ2n) is 7.60. The van der Waals surface area contributed by atoms with Crippen LogP contribution in [0, 0.1) is 0 Å². The van der Waals surface area contributed by atoms with E-state index in [1.807, 2.05) is 23.5 Å². The van der Waals surface area contributed by atoms with Crippen LogP contribution in [-0.2, 0) is 18.9 Å². The fourth-order valence-electron chi connectivity index (χ4n) is 4.17. The average molecular weight is 469 g/mol. The van der Waals surface area contributed by atoms with E-state index in [9.17, 15) is 0 Å². The zero-order chi connectivity index (χ0) is 19.9. The van der Waals surface area contributed by atoms with Crippen LogP contribution in [0.5, 0.6) is 11.5 Å². The average Bonchev–Trinajstić information content (AvgIpc) is 3.21. The van der Waals surface area contributed by atoms with Crippen LogP contribution >= 0.6 is 34.9 Å². The lowest BCUT2D eigenvalue weighted by atomic mass is 10.2. The van der Waals surface area contributed by atoms with Gasteiger partial charge in [-0.25, -0.2) is 0 Å². The summed E-state index contributed by atoms with van der Waals surface area (Å²) in [7, 11) is 0. The molecule has 0 radical (unpaired) electrons. The standard InChI is InChI=1S/C21H24O6S3/c1-4-22-12-10-28-18(14(12)24-6-1)20-16-17(27-9-3-8-26-16)21(30-20)19-15-13(11-29-19)23-5-2-7-25-15/h18-19H,1-11H2. The first kappa shape index (κ1) is 19.4. The molecule has 162 valence electrons. The van der Waals surface area contributed by atoms with Gasteiger partial charge in [0.2, 0.25) is 0 Å². The Hall–Kier alpha value is -1.32. The molecule has 5 aliphatic rings. The zero-order valence-electron chi connectivity index (χ0n) is 16.6. The van der Waals surface area contributed by atoms with Gasteiger partial charge in [0.25, 0.3) is 0 Å². The van der Waals surface area contributed by atoms with E-state index in [0.717, 1.165) is 78.5 Å². The Morgan fingerprint density at radius 2 is 0.967 bits per heavy atom. The highest BCUT2D eigenvalue weighted by molar-refractivity contribution is 8.00. The Morgan fingerprint density at radius 1 is 0.533 bits per heavy atom. The first-order valence-electron chi connectivity index (χ1n) is 10.5. The molecule has 9 heteroatoms. The van der Waals surface area contributed by atoms with E-state index in [4.69, 9.17) is 28.4 Å². The van der Waals surface area contributed by atoms with Crippen LogP contribution in [-0.4, -0.2) is 51.1 Å². The molecule has 0 aromatic carbocycles. The first-order chi connectivity index (χ1) is 14.9. The van der Waals surface area contributed by atoms with Crippen LogP contribution in [0.2, 0.25) is 0 Å². The van der Waals surface area contributed by atoms with Crippen molar-refractivity contribution in [3.8, 4) is 11.5 Å². The molecule has 6 rings (SSSR count). The number of thiophene rings is 1. The molecule has 1 aromatic rings. The maximum Gasteiger partial charge on any atom is 0.177 e. The van der Waals surface area contributed by atoms with Gasteiger partial charge in [0.15, 0.2) is 23.0 Å². The predicted octanol–water partition coefficient (Wildman–Crippen LogP) is 4.78. The minimum absolute atomic E-state index is 0.0958. The van der Waals surface area contributed by atoms with Crippen LogP contribution in [0.3, 0.4) is 0 Å². The van der Waals surface area contributed by atoms with E-state index >= 15 is 0 Å². The highest BCUT2D eigenvalue weighted by Crippen LogP contribution is 2.60. The molecule has 1 aromatic heterocycles. The van der Waals surface area contributed by atoms with Crippen LogP contribution in [0.25, 0.3) is 0 Å². The topological polar surface area (TPSA) is 55.4 Å². The third kappa shape index (κ3) is 3.33. The molecule has 5 aliphatic heterocycles. The number of hydrogen-bond donors (Lipinski definition) is 0. The Labute approximate surface area is 188 Å². The highest BCUT2D eigenvalue weighted by Gasteiger charge is 2.42. The summed E-state index contributed by atoms with van der Waals surface area (Å²) in [5.41, 5.74) is 0. The lowest BCUT2D eigenvalue weighted by Gasteiger charge is -2.14. The Morgan fingerprint density at radius 3 is 1.47 bits per heavy atom. The Bertz CT molecular complexity index is 823. The van der Waals surface area contributed by atoms with Gasteiger partial charge >= 0.3 is 0 Å². The van der Waals surface area contributed by atoms with E-state index in [0.29, 0.717) is 26.4 Å². The molecule has 6 heterocycles. The fourth-order valence-corrected chi connectivity index (χ4v) is 8.32. The largest absolute Gasteiger partial charge is 0.493 e. The molecule has 2 unspecified atom stereocenters. The van der Waals surface area contributed by atoms with Crippen molar-refractivity contribution in [3.05, 3.63) is 32.8 Å². The van der Waals surface area contributed by atoms with Crippen molar-refractivity contribution in [2.24, 2.45) is 0 Å². The fraction of sp³-hybridized carbons (Fsp3) is 0.619. The second kappa shape index (κ2) is 8.31. The molecule has 0 spiro atoms. The van der Waals surface area contributed by atoms with E-state index in [2.05, 4.69) is 0 Å². The number of fused-ring (bicyclic) bond motifs is 1. The van der Waals surface area contributed by atoms with Gasteiger partial charge < -0.3 is 28.4 Å². The Balaban J connectivity index is 1.41. The van der Waals surface area contributed by atoms with E-state index in [1.54, 1.807) is 11.3 Å². The summed E-state index contributed by atoms with van der Waals surface area (Å²) in [5.74, 6) is 7.36. The van der Waals surface area contributed by atoms with Crippen molar-refractivity contribution in [1.82, 2.24) is 0 Å². The number of thioether (sulfide) groups is 2. The lowest BCUT2D eigenvalue weighted by Crippen LogP contribution is -2.03. The van der Waals surface area contributed by atoms with Gasteiger partial charge in [-0.2, -0.15) is 0 Å². The van der Waals surface area contributed by atoms with Gasteiger partial charge in [-0.15, -0.1) is 34.9 Å². The summed E-state index contributed by atoms with van der Waals surface area (Å²) in [6, 6.07) is 0. The quantitative estimate of drug-likeness (QED) is 0.615. The van der Waals surface area contributed by atoms with Crippen LogP contribution in [0.4, 0.5) is 0 Å². The maximum absolute atomic E-state index is 6.26. The van der Waals surface area contributed by atoms with Gasteiger partial charge in [-0.3, -0.25) is 0 Å². The number of hydrogen-bond acceptors (Lipinski definition) is 9. The molecule has 6 nitrogen and oxygen atoms in total. The smallest absolute Gasteiger partial charge is 0.177 e. The molecule has 0 fully saturated rings. The molecule has 0 saturated carbocycles. The van der Waals surface area contributed by atoms with E-state index in [1.165, 1.54) is 9.75 Å². The van der Waals surface area contributed by atoms with Gasteiger partial charge in [0.1, 0.15) is 22.0 Å². The lowest BCUT2D eigenvalue weighted by molar-refractivity contribution is 0.203. The number of ether oxygens (including phenoxy) is 6. The monoisotopic (exact) mass is 468 g/mol. The Kier molecular flexibility index (Phi) is 5.37. The first-order valence-corrected chi connectivity index (χ1v) is 13.4. The van der Waals surface area contributed by atoms with Crippen LogP contribution in [0.1, 0.15) is 39.5 Å². The molecule has 30 heavy (non-hydrogen) atoms. The molecule has 0 aliphatic carbocycles. The summed E-state index contributed by atoms with van der Waals surface area (Å²) in [6.45, 7) is 4.20. The van der Waals surface area contributed by atoms with Crippen LogP contribution < -0.4 is 9.47 Å².